The Bertz CT molecular complexity index is 1370. The van der Waals surface area contributed by atoms with Crippen LogP contribution in [0.2, 0.25) is 0 Å². The number of carbonyl (C=O) groups excluding carboxylic acids is 2. The summed E-state index contributed by atoms with van der Waals surface area (Å²) in [6.45, 7) is 2.12. The Morgan fingerprint density at radius 1 is 0.886 bits per heavy atom. The number of nitro benzene ring substituents is 1. The van der Waals surface area contributed by atoms with Crippen molar-refractivity contribution in [3.8, 4) is 0 Å². The molecule has 3 aromatic rings. The SMILES string of the molecule is Cc1ccc(C(=O)NCCNc2ccc(S(C)(=O)=O)cc2[N+](=O)[O-])cc1NC(=O)c1ccccc1. The van der Waals surface area contributed by atoms with Crippen LogP contribution in [0.4, 0.5) is 17.1 Å². The number of carbonyl (C=O) groups is 2. The van der Waals surface area contributed by atoms with Crippen LogP contribution in [-0.2, 0) is 9.84 Å². The fraction of sp³-hybridized carbons (Fsp3) is 0.167. The quantitative estimate of drug-likeness (QED) is 0.234. The van der Waals surface area contributed by atoms with Crippen LogP contribution in [0.3, 0.4) is 0 Å². The number of aryl methyl sites for hydroxylation is 1. The van der Waals surface area contributed by atoms with Crippen LogP contribution in [0.1, 0.15) is 26.3 Å². The largest absolute Gasteiger partial charge is 0.378 e. The second-order valence-corrected chi connectivity index (χ2v) is 9.76. The molecule has 0 heterocycles. The molecule has 2 amide bonds. The van der Waals surface area contributed by atoms with Crippen molar-refractivity contribution in [1.29, 1.82) is 0 Å². The number of sulfone groups is 1. The maximum atomic E-state index is 12.6. The summed E-state index contributed by atoms with van der Waals surface area (Å²) in [6, 6.07) is 17.2. The van der Waals surface area contributed by atoms with Gasteiger partial charge in [-0.05, 0) is 48.9 Å². The van der Waals surface area contributed by atoms with Crippen molar-refractivity contribution in [3.05, 3.63) is 93.5 Å². The number of amides is 2. The molecule has 0 unspecified atom stereocenters. The van der Waals surface area contributed by atoms with Crippen molar-refractivity contribution in [2.24, 2.45) is 0 Å². The van der Waals surface area contributed by atoms with E-state index in [0.29, 0.717) is 16.8 Å². The number of nitrogens with zero attached hydrogens (tertiary/aromatic N) is 1. The second-order valence-electron chi connectivity index (χ2n) is 7.74. The third kappa shape index (κ3) is 6.64. The second kappa shape index (κ2) is 10.8. The van der Waals surface area contributed by atoms with Crippen molar-refractivity contribution >= 4 is 38.7 Å². The van der Waals surface area contributed by atoms with Crippen molar-refractivity contribution in [2.45, 2.75) is 11.8 Å². The van der Waals surface area contributed by atoms with Crippen LogP contribution in [0.25, 0.3) is 0 Å². The summed E-state index contributed by atoms with van der Waals surface area (Å²) >= 11 is 0. The van der Waals surface area contributed by atoms with Gasteiger partial charge in [-0.1, -0.05) is 24.3 Å². The molecule has 0 fully saturated rings. The highest BCUT2D eigenvalue weighted by atomic mass is 32.2. The van der Waals surface area contributed by atoms with Crippen LogP contribution in [0.5, 0.6) is 0 Å². The predicted molar refractivity (Wildman–Crippen MR) is 133 cm³/mol. The third-order valence-electron chi connectivity index (χ3n) is 5.10. The van der Waals surface area contributed by atoms with E-state index in [4.69, 9.17) is 0 Å². The van der Waals surface area contributed by atoms with E-state index in [2.05, 4.69) is 16.0 Å². The molecule has 0 spiro atoms. The van der Waals surface area contributed by atoms with Crippen LogP contribution in [0, 0.1) is 17.0 Å². The van der Waals surface area contributed by atoms with Gasteiger partial charge in [-0.2, -0.15) is 0 Å². The lowest BCUT2D eigenvalue weighted by Crippen LogP contribution is -2.29. The van der Waals surface area contributed by atoms with Gasteiger partial charge in [0.25, 0.3) is 17.5 Å². The van der Waals surface area contributed by atoms with Crippen molar-refractivity contribution < 1.29 is 22.9 Å². The third-order valence-corrected chi connectivity index (χ3v) is 6.21. The average Bonchev–Trinajstić information content (AvgIpc) is 2.82. The predicted octanol–water partition coefficient (Wildman–Crippen LogP) is 3.40. The van der Waals surface area contributed by atoms with Crippen LogP contribution >= 0.6 is 0 Å². The molecular formula is C24H24N4O6S. The van der Waals surface area contributed by atoms with E-state index >= 15 is 0 Å². The molecule has 0 aliphatic rings. The fourth-order valence-corrected chi connectivity index (χ4v) is 3.84. The van der Waals surface area contributed by atoms with Gasteiger partial charge in [0, 0.05) is 42.2 Å². The zero-order valence-electron chi connectivity index (χ0n) is 19.1. The summed E-state index contributed by atoms with van der Waals surface area (Å²) in [5.41, 5.74) is 1.88. The van der Waals surface area contributed by atoms with Crippen molar-refractivity contribution in [2.75, 3.05) is 30.0 Å². The first-order valence-corrected chi connectivity index (χ1v) is 12.4. The zero-order valence-corrected chi connectivity index (χ0v) is 19.9. The van der Waals surface area contributed by atoms with Crippen molar-refractivity contribution in [3.63, 3.8) is 0 Å². The Kier molecular flexibility index (Phi) is 7.82. The first-order chi connectivity index (χ1) is 16.6. The first-order valence-electron chi connectivity index (χ1n) is 10.5. The molecule has 3 rings (SSSR count). The number of anilines is 2. The van der Waals surface area contributed by atoms with Gasteiger partial charge < -0.3 is 16.0 Å². The fourth-order valence-electron chi connectivity index (χ4n) is 3.20. The first kappa shape index (κ1) is 25.4. The molecule has 0 aliphatic carbocycles. The lowest BCUT2D eigenvalue weighted by molar-refractivity contribution is -0.384. The van der Waals surface area contributed by atoms with E-state index in [1.54, 1.807) is 42.5 Å². The van der Waals surface area contributed by atoms with Crippen LogP contribution in [-0.4, -0.2) is 44.5 Å². The Morgan fingerprint density at radius 3 is 2.26 bits per heavy atom. The topological polar surface area (TPSA) is 148 Å². The molecule has 0 aliphatic heterocycles. The van der Waals surface area contributed by atoms with Crippen molar-refractivity contribution in [1.82, 2.24) is 5.32 Å². The molecule has 0 bridgehead atoms. The van der Waals surface area contributed by atoms with Crippen LogP contribution < -0.4 is 16.0 Å². The summed E-state index contributed by atoms with van der Waals surface area (Å²) in [6.07, 6.45) is 0.971. The number of nitrogens with one attached hydrogen (secondary N) is 3. The smallest absolute Gasteiger partial charge is 0.293 e. The van der Waals surface area contributed by atoms with Gasteiger partial charge >= 0.3 is 0 Å². The van der Waals surface area contributed by atoms with E-state index in [1.165, 1.54) is 12.1 Å². The van der Waals surface area contributed by atoms with Gasteiger partial charge in [-0.15, -0.1) is 0 Å². The molecule has 0 saturated heterocycles. The average molecular weight is 497 g/mol. The van der Waals surface area contributed by atoms with E-state index in [0.717, 1.165) is 17.9 Å². The molecule has 0 aromatic heterocycles. The summed E-state index contributed by atoms with van der Waals surface area (Å²) in [5.74, 6) is -0.678. The summed E-state index contributed by atoms with van der Waals surface area (Å²) in [4.78, 5) is 35.5. The van der Waals surface area contributed by atoms with E-state index in [1.807, 2.05) is 13.0 Å². The van der Waals surface area contributed by atoms with E-state index < -0.39 is 14.8 Å². The lowest BCUT2D eigenvalue weighted by Gasteiger charge is -2.12. The zero-order chi connectivity index (χ0) is 25.6. The standard InChI is InChI=1S/C24H24N4O6S/c1-16-8-9-18(14-21(16)27-24(30)17-6-4-3-5-7-17)23(29)26-13-12-25-20-11-10-19(35(2,33)34)15-22(20)28(31)32/h3-11,14-15,25H,12-13H2,1-2H3,(H,26,29)(H,27,30). The highest BCUT2D eigenvalue weighted by Gasteiger charge is 2.18. The number of hydrogen-bond donors (Lipinski definition) is 3. The maximum Gasteiger partial charge on any atom is 0.293 e. The molecule has 182 valence electrons. The molecule has 10 nitrogen and oxygen atoms in total. The van der Waals surface area contributed by atoms with Gasteiger partial charge in [0.15, 0.2) is 9.84 Å². The van der Waals surface area contributed by atoms with Gasteiger partial charge in [-0.25, -0.2) is 8.42 Å². The maximum absolute atomic E-state index is 12.6. The van der Waals surface area contributed by atoms with E-state index in [9.17, 15) is 28.1 Å². The van der Waals surface area contributed by atoms with Crippen LogP contribution in [0.15, 0.2) is 71.6 Å². The van der Waals surface area contributed by atoms with Gasteiger partial charge in [0.1, 0.15) is 5.69 Å². The molecule has 0 saturated carbocycles. The normalized spacial score (nSPS) is 10.9. The minimum atomic E-state index is -3.59. The highest BCUT2D eigenvalue weighted by molar-refractivity contribution is 7.90. The number of rotatable bonds is 9. The highest BCUT2D eigenvalue weighted by Crippen LogP contribution is 2.27. The minimum absolute atomic E-state index is 0.137. The molecule has 0 atom stereocenters. The molecule has 3 aromatic carbocycles. The minimum Gasteiger partial charge on any atom is -0.378 e. The summed E-state index contributed by atoms with van der Waals surface area (Å²) < 4.78 is 23.3. The Balaban J connectivity index is 1.61. The molecule has 0 radical (unpaired) electrons. The monoisotopic (exact) mass is 496 g/mol. The number of benzene rings is 3. The molecule has 35 heavy (non-hydrogen) atoms. The van der Waals surface area contributed by atoms with Gasteiger partial charge in [-0.3, -0.25) is 19.7 Å². The number of nitro groups is 1. The molecule has 3 N–H and O–H groups in total. The lowest BCUT2D eigenvalue weighted by atomic mass is 10.1. The number of hydrogen-bond acceptors (Lipinski definition) is 7. The van der Waals surface area contributed by atoms with Gasteiger partial charge in [0.2, 0.25) is 0 Å². The molecular weight excluding hydrogens is 472 g/mol. The Hall–Kier alpha value is -4.25. The summed E-state index contributed by atoms with van der Waals surface area (Å²) in [5, 5.41) is 19.7. The van der Waals surface area contributed by atoms with Gasteiger partial charge in [0.05, 0.1) is 9.82 Å². The molecule has 11 heteroatoms. The Morgan fingerprint density at radius 2 is 1.60 bits per heavy atom. The van der Waals surface area contributed by atoms with E-state index in [-0.39, 0.29) is 41.2 Å². The summed E-state index contributed by atoms with van der Waals surface area (Å²) in [7, 11) is -3.59. The Labute approximate surface area is 202 Å².